The molecule has 6 nitrogen and oxygen atoms in total. The molecule has 0 spiro atoms. The maximum atomic E-state index is 11.5. The molecule has 0 aromatic carbocycles. The molecule has 0 bridgehead atoms. The molecule has 0 radical (unpaired) electrons. The van der Waals surface area contributed by atoms with E-state index in [9.17, 15) is 9.59 Å². The molecule has 15 heavy (non-hydrogen) atoms. The van der Waals surface area contributed by atoms with Crippen molar-refractivity contribution in [3.63, 3.8) is 0 Å². The zero-order valence-electron chi connectivity index (χ0n) is 8.23. The molecule has 1 aromatic heterocycles. The number of aromatic nitrogens is 2. The maximum absolute atomic E-state index is 11.5. The first-order valence-corrected chi connectivity index (χ1v) is 4.73. The minimum absolute atomic E-state index is 0.0338. The average Bonchev–Trinajstić information content (AvgIpc) is 2.61. The van der Waals surface area contributed by atoms with E-state index in [1.54, 1.807) is 0 Å². The molecule has 2 N–H and O–H groups in total. The number of aromatic carboxylic acids is 1. The highest BCUT2D eigenvalue weighted by Gasteiger charge is 2.26. The number of nitrogens with one attached hydrogen (secondary N) is 1. The largest absolute Gasteiger partial charge is 0.476 e. The normalized spacial score (nSPS) is 19.5. The number of carbonyl (C=O) groups is 2. The van der Waals surface area contributed by atoms with Crippen LogP contribution in [0.1, 0.15) is 34.3 Å². The SMILES string of the molecule is CC[C@H]1Cn2nc(C(=O)O)cc2C(=O)N1. The van der Waals surface area contributed by atoms with Crippen LogP contribution < -0.4 is 5.32 Å². The minimum atomic E-state index is -1.11. The molecule has 0 saturated heterocycles. The van der Waals surface area contributed by atoms with Gasteiger partial charge in [0.25, 0.3) is 5.91 Å². The third-order valence-corrected chi connectivity index (χ3v) is 2.45. The monoisotopic (exact) mass is 209 g/mol. The number of hydrogen-bond acceptors (Lipinski definition) is 3. The summed E-state index contributed by atoms with van der Waals surface area (Å²) < 4.78 is 1.45. The zero-order chi connectivity index (χ0) is 11.0. The highest BCUT2D eigenvalue weighted by Crippen LogP contribution is 2.12. The fourth-order valence-electron chi connectivity index (χ4n) is 1.59. The predicted octanol–water partition coefficient (Wildman–Crippen LogP) is 0.103. The summed E-state index contributed by atoms with van der Waals surface area (Å²) >= 11 is 0. The Kier molecular flexibility index (Phi) is 2.18. The van der Waals surface area contributed by atoms with Crippen molar-refractivity contribution in [2.24, 2.45) is 0 Å². The highest BCUT2D eigenvalue weighted by atomic mass is 16.4. The zero-order valence-corrected chi connectivity index (χ0v) is 8.23. The molecule has 1 aliphatic heterocycles. The molecule has 1 aromatic rings. The molecule has 0 fully saturated rings. The van der Waals surface area contributed by atoms with Crippen LogP contribution in [0, 0.1) is 0 Å². The van der Waals surface area contributed by atoms with Crippen LogP contribution in [0.25, 0.3) is 0 Å². The first-order chi connectivity index (χ1) is 7.11. The standard InChI is InChI=1S/C9H11N3O3/c1-2-5-4-12-7(8(13)10-5)3-6(11-12)9(14)15/h3,5H,2,4H2,1H3,(H,10,13)(H,14,15)/t5-/m0/s1. The summed E-state index contributed by atoms with van der Waals surface area (Å²) in [5.41, 5.74) is 0.231. The van der Waals surface area contributed by atoms with Crippen LogP contribution in [0.2, 0.25) is 0 Å². The van der Waals surface area contributed by atoms with E-state index < -0.39 is 5.97 Å². The molecule has 1 atom stereocenters. The van der Waals surface area contributed by atoms with Gasteiger partial charge in [0, 0.05) is 12.1 Å². The van der Waals surface area contributed by atoms with Crippen molar-refractivity contribution in [2.75, 3.05) is 0 Å². The van der Waals surface area contributed by atoms with Crippen molar-refractivity contribution in [2.45, 2.75) is 25.9 Å². The van der Waals surface area contributed by atoms with Gasteiger partial charge in [0.15, 0.2) is 5.69 Å². The lowest BCUT2D eigenvalue weighted by molar-refractivity contribution is 0.0688. The number of rotatable bonds is 2. The average molecular weight is 209 g/mol. The van der Waals surface area contributed by atoms with E-state index in [0.717, 1.165) is 6.42 Å². The second kappa shape index (κ2) is 3.38. The van der Waals surface area contributed by atoms with Gasteiger partial charge in [0.1, 0.15) is 5.69 Å². The van der Waals surface area contributed by atoms with Crippen LogP contribution in [0.15, 0.2) is 6.07 Å². The minimum Gasteiger partial charge on any atom is -0.476 e. The van der Waals surface area contributed by atoms with Gasteiger partial charge in [-0.2, -0.15) is 5.10 Å². The predicted molar refractivity (Wildman–Crippen MR) is 50.7 cm³/mol. The molecule has 1 aliphatic rings. The molecule has 0 unspecified atom stereocenters. The molecular formula is C9H11N3O3. The van der Waals surface area contributed by atoms with E-state index in [1.165, 1.54) is 10.7 Å². The molecule has 2 rings (SSSR count). The van der Waals surface area contributed by atoms with Gasteiger partial charge in [-0.1, -0.05) is 6.92 Å². The van der Waals surface area contributed by atoms with Crippen LogP contribution in [0.4, 0.5) is 0 Å². The molecule has 2 heterocycles. The van der Waals surface area contributed by atoms with Crippen molar-refractivity contribution < 1.29 is 14.7 Å². The Bertz CT molecular complexity index is 424. The lowest BCUT2D eigenvalue weighted by Crippen LogP contribution is -2.43. The second-order valence-corrected chi connectivity index (χ2v) is 3.48. The van der Waals surface area contributed by atoms with Gasteiger partial charge in [0.05, 0.1) is 6.54 Å². The van der Waals surface area contributed by atoms with Gasteiger partial charge in [-0.05, 0) is 6.42 Å². The summed E-state index contributed by atoms with van der Waals surface area (Å²) in [7, 11) is 0. The van der Waals surface area contributed by atoms with Crippen LogP contribution in [0.5, 0.6) is 0 Å². The molecule has 6 heteroatoms. The Hall–Kier alpha value is -1.85. The lowest BCUT2D eigenvalue weighted by Gasteiger charge is -2.22. The Morgan fingerprint density at radius 3 is 3.13 bits per heavy atom. The lowest BCUT2D eigenvalue weighted by atomic mass is 10.1. The van der Waals surface area contributed by atoms with Crippen LogP contribution >= 0.6 is 0 Å². The summed E-state index contributed by atoms with van der Waals surface area (Å²) in [5.74, 6) is -1.37. The van der Waals surface area contributed by atoms with E-state index in [4.69, 9.17) is 5.11 Å². The summed E-state index contributed by atoms with van der Waals surface area (Å²) in [5, 5.41) is 15.4. The van der Waals surface area contributed by atoms with Gasteiger partial charge >= 0.3 is 5.97 Å². The molecule has 0 aliphatic carbocycles. The van der Waals surface area contributed by atoms with Crippen LogP contribution in [0.3, 0.4) is 0 Å². The van der Waals surface area contributed by atoms with Crippen LogP contribution in [-0.2, 0) is 6.54 Å². The number of nitrogens with zero attached hydrogens (tertiary/aromatic N) is 2. The maximum Gasteiger partial charge on any atom is 0.356 e. The van der Waals surface area contributed by atoms with Crippen LogP contribution in [-0.4, -0.2) is 32.8 Å². The number of amides is 1. The van der Waals surface area contributed by atoms with Gasteiger partial charge in [-0.25, -0.2) is 4.79 Å². The molecule has 1 amide bonds. The van der Waals surface area contributed by atoms with Crippen molar-refractivity contribution in [3.8, 4) is 0 Å². The van der Waals surface area contributed by atoms with Gasteiger partial charge < -0.3 is 10.4 Å². The third kappa shape index (κ3) is 1.58. The number of carboxylic acid groups (broad SMARTS) is 1. The van der Waals surface area contributed by atoms with E-state index in [1.807, 2.05) is 6.92 Å². The fourth-order valence-corrected chi connectivity index (χ4v) is 1.59. The van der Waals surface area contributed by atoms with Crippen molar-refractivity contribution in [1.29, 1.82) is 0 Å². The number of carbonyl (C=O) groups excluding carboxylic acids is 1. The smallest absolute Gasteiger partial charge is 0.356 e. The number of hydrogen-bond donors (Lipinski definition) is 2. The number of fused-ring (bicyclic) bond motifs is 1. The first kappa shape index (κ1) is 9.70. The van der Waals surface area contributed by atoms with Gasteiger partial charge in [-0.15, -0.1) is 0 Å². The van der Waals surface area contributed by atoms with Crippen molar-refractivity contribution in [1.82, 2.24) is 15.1 Å². The quantitative estimate of drug-likeness (QED) is 0.723. The van der Waals surface area contributed by atoms with Gasteiger partial charge in [0.2, 0.25) is 0 Å². The Labute approximate surface area is 85.9 Å². The Morgan fingerprint density at radius 2 is 2.53 bits per heavy atom. The second-order valence-electron chi connectivity index (χ2n) is 3.48. The third-order valence-electron chi connectivity index (χ3n) is 2.45. The summed E-state index contributed by atoms with van der Waals surface area (Å²) in [6.07, 6.45) is 0.799. The summed E-state index contributed by atoms with van der Waals surface area (Å²) in [4.78, 5) is 22.2. The highest BCUT2D eigenvalue weighted by molar-refractivity contribution is 5.96. The van der Waals surface area contributed by atoms with Crippen molar-refractivity contribution in [3.05, 3.63) is 17.5 Å². The Balaban J connectivity index is 2.38. The summed E-state index contributed by atoms with van der Waals surface area (Å²) in [6.45, 7) is 2.49. The van der Waals surface area contributed by atoms with E-state index in [0.29, 0.717) is 12.2 Å². The molecule has 0 saturated carbocycles. The van der Waals surface area contributed by atoms with Crippen molar-refractivity contribution >= 4 is 11.9 Å². The first-order valence-electron chi connectivity index (χ1n) is 4.73. The van der Waals surface area contributed by atoms with E-state index >= 15 is 0 Å². The van der Waals surface area contributed by atoms with Gasteiger partial charge in [-0.3, -0.25) is 9.48 Å². The Morgan fingerprint density at radius 1 is 1.80 bits per heavy atom. The topological polar surface area (TPSA) is 84.2 Å². The van der Waals surface area contributed by atoms with E-state index in [2.05, 4.69) is 10.4 Å². The molecular weight excluding hydrogens is 198 g/mol. The fraction of sp³-hybridized carbons (Fsp3) is 0.444. The number of carboxylic acids is 1. The summed E-state index contributed by atoms with van der Waals surface area (Å²) in [6, 6.07) is 1.33. The van der Waals surface area contributed by atoms with E-state index in [-0.39, 0.29) is 17.6 Å². The molecule has 80 valence electrons.